The van der Waals surface area contributed by atoms with E-state index in [2.05, 4.69) is 15.5 Å². The lowest BCUT2D eigenvalue weighted by atomic mass is 10.0. The summed E-state index contributed by atoms with van der Waals surface area (Å²) in [7, 11) is -3.13. The molecule has 37 heavy (non-hydrogen) atoms. The van der Waals surface area contributed by atoms with Crippen LogP contribution in [-0.2, 0) is 21.5 Å². The summed E-state index contributed by atoms with van der Waals surface area (Å²) in [6, 6.07) is 8.16. The molecule has 1 unspecified atom stereocenters. The van der Waals surface area contributed by atoms with Crippen molar-refractivity contribution in [2.24, 2.45) is 0 Å². The van der Waals surface area contributed by atoms with Crippen LogP contribution >= 0.6 is 0 Å². The van der Waals surface area contributed by atoms with Gasteiger partial charge in [0.1, 0.15) is 17.1 Å². The number of aliphatic hydroxyl groups is 1. The number of hydrogen-bond acceptors (Lipinski definition) is 7. The van der Waals surface area contributed by atoms with Gasteiger partial charge < -0.3 is 15.2 Å². The van der Waals surface area contributed by atoms with Gasteiger partial charge in [0, 0.05) is 28.0 Å². The van der Waals surface area contributed by atoms with Crippen molar-refractivity contribution >= 4 is 21.3 Å². The van der Waals surface area contributed by atoms with Crippen LogP contribution in [0.5, 0.6) is 11.6 Å². The molecule has 1 atom stereocenters. The molecule has 1 aliphatic carbocycles. The monoisotopic (exact) mass is 538 g/mol. The van der Waals surface area contributed by atoms with Crippen LogP contribution in [0.4, 0.5) is 23.2 Å². The zero-order valence-electron chi connectivity index (χ0n) is 19.9. The van der Waals surface area contributed by atoms with Crippen molar-refractivity contribution in [1.82, 2.24) is 10.2 Å². The number of halogens is 4. The van der Waals surface area contributed by atoms with E-state index in [1.165, 1.54) is 49.6 Å². The summed E-state index contributed by atoms with van der Waals surface area (Å²) in [6.07, 6.45) is -2.95. The fourth-order valence-electron chi connectivity index (χ4n) is 3.75. The number of carbonyl (C=O) groups excluding carboxylic acids is 1. The molecule has 1 aliphatic rings. The quantitative estimate of drug-likeness (QED) is 0.365. The summed E-state index contributed by atoms with van der Waals surface area (Å²) in [5.74, 6) is -2.51. The summed E-state index contributed by atoms with van der Waals surface area (Å²) in [5, 5.41) is 19.3. The Morgan fingerprint density at radius 3 is 2.43 bits per heavy atom. The number of benzene rings is 2. The minimum atomic E-state index is -4.92. The van der Waals surface area contributed by atoms with Gasteiger partial charge in [-0.15, -0.1) is 10.2 Å². The van der Waals surface area contributed by atoms with Crippen LogP contribution in [0.2, 0.25) is 0 Å². The molecule has 1 amide bonds. The lowest BCUT2D eigenvalue weighted by Gasteiger charge is -2.18. The second-order valence-electron chi connectivity index (χ2n) is 8.86. The number of anilines is 1. The highest BCUT2D eigenvalue weighted by atomic mass is 32.2. The van der Waals surface area contributed by atoms with Gasteiger partial charge in [0.25, 0.3) is 11.8 Å². The van der Waals surface area contributed by atoms with E-state index >= 15 is 0 Å². The predicted octanol–water partition coefficient (Wildman–Crippen LogP) is 5.31. The van der Waals surface area contributed by atoms with Crippen molar-refractivity contribution in [3.63, 3.8) is 0 Å². The fraction of sp³-hybridized carbons (Fsp3) is 0.292. The SMILES string of the molecule is Cc1c(Oc2nnc(C(F)(F)F)c(C)c2C(=O)Nc2cccc(S(C)(=N)=O)c2)ccc(C2(O)CC2)c1F. The molecule has 196 valence electrons. The van der Waals surface area contributed by atoms with Gasteiger partial charge in [-0.1, -0.05) is 6.07 Å². The smallest absolute Gasteiger partial charge is 0.435 e. The summed E-state index contributed by atoms with van der Waals surface area (Å²) in [4.78, 5) is 13.3. The Bertz CT molecular complexity index is 1520. The molecule has 0 aliphatic heterocycles. The molecule has 3 N–H and O–H groups in total. The van der Waals surface area contributed by atoms with Gasteiger partial charge in [0.05, 0.1) is 15.3 Å². The number of carbonyl (C=O) groups is 1. The standard InChI is InChI=1S/C24H22F4N4O4S/c1-12-17(8-7-16(19(12)25)23(34)9-10-23)36-22-18(13(2)20(31-32-22)24(26,27)28)21(33)30-14-5-4-6-15(11-14)37(3,29)35/h4-8,11,29,34H,9-10H2,1-3H3,(H,30,33). The van der Waals surface area contributed by atoms with E-state index in [-0.39, 0.29) is 27.5 Å². The van der Waals surface area contributed by atoms with Crippen molar-refractivity contribution in [1.29, 1.82) is 4.78 Å². The highest BCUT2D eigenvalue weighted by Crippen LogP contribution is 2.47. The van der Waals surface area contributed by atoms with Gasteiger partial charge in [-0.25, -0.2) is 13.4 Å². The number of nitrogens with one attached hydrogen (secondary N) is 2. The van der Waals surface area contributed by atoms with Crippen LogP contribution in [0, 0.1) is 24.4 Å². The Balaban J connectivity index is 1.76. The largest absolute Gasteiger partial charge is 0.437 e. The van der Waals surface area contributed by atoms with E-state index in [9.17, 15) is 31.7 Å². The number of ether oxygens (including phenoxy) is 1. The van der Waals surface area contributed by atoms with Crippen LogP contribution in [0.25, 0.3) is 0 Å². The van der Waals surface area contributed by atoms with E-state index in [1.807, 2.05) is 0 Å². The summed E-state index contributed by atoms with van der Waals surface area (Å²) in [5.41, 5.74) is -3.73. The number of nitrogens with zero attached hydrogens (tertiary/aromatic N) is 2. The molecule has 13 heteroatoms. The maximum absolute atomic E-state index is 14.9. The molecule has 4 rings (SSSR count). The third-order valence-corrected chi connectivity index (χ3v) is 7.14. The lowest BCUT2D eigenvalue weighted by molar-refractivity contribution is -0.142. The topological polar surface area (TPSA) is 125 Å². The summed E-state index contributed by atoms with van der Waals surface area (Å²) >= 11 is 0. The van der Waals surface area contributed by atoms with Gasteiger partial charge in [-0.3, -0.25) is 4.79 Å². The van der Waals surface area contributed by atoms with Crippen molar-refractivity contribution in [3.05, 3.63) is 70.2 Å². The second-order valence-corrected chi connectivity index (χ2v) is 11.0. The Morgan fingerprint density at radius 2 is 1.84 bits per heavy atom. The van der Waals surface area contributed by atoms with Crippen LogP contribution in [0.1, 0.15) is 45.6 Å². The highest BCUT2D eigenvalue weighted by molar-refractivity contribution is 7.91. The molecule has 2 aromatic carbocycles. The van der Waals surface area contributed by atoms with Gasteiger partial charge in [0.2, 0.25) is 0 Å². The van der Waals surface area contributed by atoms with E-state index < -0.39 is 55.9 Å². The first-order valence-electron chi connectivity index (χ1n) is 10.9. The van der Waals surface area contributed by atoms with Crippen molar-refractivity contribution in [2.45, 2.75) is 43.4 Å². The molecule has 0 saturated heterocycles. The van der Waals surface area contributed by atoms with E-state index in [0.717, 1.165) is 6.92 Å². The van der Waals surface area contributed by atoms with Gasteiger partial charge in [-0.05, 0) is 62.6 Å². The molecule has 1 saturated carbocycles. The Labute approximate surface area is 209 Å². The number of alkyl halides is 3. The molecule has 1 fully saturated rings. The van der Waals surface area contributed by atoms with E-state index in [0.29, 0.717) is 12.8 Å². The zero-order valence-corrected chi connectivity index (χ0v) is 20.7. The van der Waals surface area contributed by atoms with Crippen LogP contribution in [0.3, 0.4) is 0 Å². The lowest BCUT2D eigenvalue weighted by Crippen LogP contribution is -2.21. The van der Waals surface area contributed by atoms with Gasteiger partial charge in [-0.2, -0.15) is 13.2 Å². The number of aromatic nitrogens is 2. The van der Waals surface area contributed by atoms with Crippen molar-refractivity contribution in [3.8, 4) is 11.6 Å². The Kier molecular flexibility index (Phi) is 6.49. The molecule has 0 spiro atoms. The maximum Gasteiger partial charge on any atom is 0.435 e. The summed E-state index contributed by atoms with van der Waals surface area (Å²) in [6.45, 7) is 2.39. The van der Waals surface area contributed by atoms with Crippen molar-refractivity contribution in [2.75, 3.05) is 11.6 Å². The second kappa shape index (κ2) is 9.06. The molecule has 1 aromatic heterocycles. The third-order valence-electron chi connectivity index (χ3n) is 5.99. The molecule has 8 nitrogen and oxygen atoms in total. The highest BCUT2D eigenvalue weighted by Gasteiger charge is 2.44. The van der Waals surface area contributed by atoms with Crippen LogP contribution in [0.15, 0.2) is 41.3 Å². The minimum Gasteiger partial charge on any atom is -0.437 e. The normalized spacial score (nSPS) is 16.1. The fourth-order valence-corrected chi connectivity index (χ4v) is 4.44. The number of rotatable bonds is 6. The number of amides is 1. The molecule has 0 bridgehead atoms. The summed E-state index contributed by atoms with van der Waals surface area (Å²) < 4.78 is 80.9. The molecule has 1 heterocycles. The Morgan fingerprint density at radius 1 is 1.16 bits per heavy atom. The first kappa shape index (κ1) is 26.5. The number of hydrogen-bond donors (Lipinski definition) is 3. The maximum atomic E-state index is 14.9. The van der Waals surface area contributed by atoms with Gasteiger partial charge in [0.15, 0.2) is 5.69 Å². The zero-order chi connectivity index (χ0) is 27.3. The first-order chi connectivity index (χ1) is 17.1. The first-order valence-corrected chi connectivity index (χ1v) is 12.9. The van der Waals surface area contributed by atoms with Gasteiger partial charge >= 0.3 is 6.18 Å². The van der Waals surface area contributed by atoms with Crippen LogP contribution < -0.4 is 10.1 Å². The molecular formula is C24H22F4N4O4S. The van der Waals surface area contributed by atoms with Crippen molar-refractivity contribution < 1.29 is 36.4 Å². The molecular weight excluding hydrogens is 516 g/mol. The minimum absolute atomic E-state index is 0.0376. The van der Waals surface area contributed by atoms with Crippen LogP contribution in [-0.4, -0.2) is 31.7 Å². The third kappa shape index (κ3) is 5.27. The average molecular weight is 539 g/mol. The van der Waals surface area contributed by atoms with E-state index in [4.69, 9.17) is 9.52 Å². The Hall–Kier alpha value is -3.58. The average Bonchev–Trinajstić information content (AvgIpc) is 3.53. The molecule has 3 aromatic rings. The van der Waals surface area contributed by atoms with E-state index in [1.54, 1.807) is 0 Å². The molecule has 0 radical (unpaired) electrons. The predicted molar refractivity (Wildman–Crippen MR) is 126 cm³/mol.